The number of para-hydroxylation sites is 1. The van der Waals surface area contributed by atoms with Crippen molar-refractivity contribution >= 4 is 16.9 Å². The molecule has 1 saturated heterocycles. The molecule has 1 fully saturated rings. The van der Waals surface area contributed by atoms with Crippen LogP contribution in [0.15, 0.2) is 84.9 Å². The Morgan fingerprint density at radius 1 is 0.980 bits per heavy atom. The van der Waals surface area contributed by atoms with E-state index in [1.165, 1.54) is 4.90 Å². The van der Waals surface area contributed by atoms with Gasteiger partial charge in [-0.3, -0.25) is 4.84 Å². The predicted octanol–water partition coefficient (Wildman–Crippen LogP) is 5.44. The fraction of sp³-hybridized carbons (Fsp3) is 0.361. The van der Waals surface area contributed by atoms with Gasteiger partial charge < -0.3 is 38.8 Å². The van der Waals surface area contributed by atoms with Gasteiger partial charge in [-0.05, 0) is 46.8 Å². The normalized spacial score (nSPS) is 17.4. The number of piperidine rings is 1. The highest BCUT2D eigenvalue weighted by Crippen LogP contribution is 2.37. The van der Waals surface area contributed by atoms with E-state index in [0.717, 1.165) is 33.2 Å². The molecule has 0 radical (unpaired) electrons. The van der Waals surface area contributed by atoms with Crippen molar-refractivity contribution in [1.82, 2.24) is 4.90 Å². The summed E-state index contributed by atoms with van der Waals surface area (Å²) >= 11 is 0. The SMILES string of the molecule is COc1ccccc1COCCCOc1ccc(C2C(CO)CN(C(=O)OCO[N+](=O)[O-])CC2OCc2cc(O)c3ccccc3c2)cc1. The van der Waals surface area contributed by atoms with Crippen molar-refractivity contribution in [3.05, 3.63) is 112 Å². The van der Waals surface area contributed by atoms with Crippen molar-refractivity contribution in [3.63, 3.8) is 0 Å². The van der Waals surface area contributed by atoms with Crippen molar-refractivity contribution in [2.45, 2.75) is 31.7 Å². The van der Waals surface area contributed by atoms with E-state index >= 15 is 0 Å². The molecule has 3 atom stereocenters. The Hall–Kier alpha value is -5.11. The molecule has 13 nitrogen and oxygen atoms in total. The van der Waals surface area contributed by atoms with Crippen LogP contribution in [-0.4, -0.2) is 79.2 Å². The largest absolute Gasteiger partial charge is 0.507 e. The van der Waals surface area contributed by atoms with Gasteiger partial charge in [-0.15, -0.1) is 10.1 Å². The van der Waals surface area contributed by atoms with Gasteiger partial charge in [0, 0.05) is 42.4 Å². The molecule has 4 aromatic rings. The summed E-state index contributed by atoms with van der Waals surface area (Å²) < 4.78 is 28.4. The number of fused-ring (bicyclic) bond motifs is 1. The summed E-state index contributed by atoms with van der Waals surface area (Å²) in [6.07, 6.45) is -0.743. The lowest BCUT2D eigenvalue weighted by atomic mass is 9.79. The highest BCUT2D eigenvalue weighted by atomic mass is 17.0. The molecule has 0 aliphatic carbocycles. The van der Waals surface area contributed by atoms with Crippen LogP contribution < -0.4 is 9.47 Å². The molecular weight excluding hydrogens is 636 g/mol. The van der Waals surface area contributed by atoms with Crippen molar-refractivity contribution in [3.8, 4) is 17.2 Å². The number of carbonyl (C=O) groups is 1. The second-order valence-corrected chi connectivity index (χ2v) is 11.6. The van der Waals surface area contributed by atoms with E-state index in [9.17, 15) is 25.1 Å². The van der Waals surface area contributed by atoms with E-state index in [-0.39, 0.29) is 38.0 Å². The maximum atomic E-state index is 12.8. The molecule has 4 aromatic carbocycles. The zero-order valence-corrected chi connectivity index (χ0v) is 27.1. The van der Waals surface area contributed by atoms with E-state index in [2.05, 4.69) is 4.84 Å². The number of aliphatic hydroxyl groups excluding tert-OH is 1. The molecule has 49 heavy (non-hydrogen) atoms. The zero-order chi connectivity index (χ0) is 34.6. The minimum Gasteiger partial charge on any atom is -0.507 e. The van der Waals surface area contributed by atoms with Gasteiger partial charge >= 0.3 is 6.09 Å². The third kappa shape index (κ3) is 9.50. The molecule has 0 spiro atoms. The molecule has 1 aliphatic heterocycles. The smallest absolute Gasteiger partial charge is 0.411 e. The second-order valence-electron chi connectivity index (χ2n) is 11.6. The van der Waals surface area contributed by atoms with E-state index in [0.29, 0.717) is 32.0 Å². The van der Waals surface area contributed by atoms with E-state index in [1.807, 2.05) is 78.9 Å². The average Bonchev–Trinajstić information content (AvgIpc) is 3.12. The number of hydrogen-bond acceptors (Lipinski definition) is 11. The first-order valence-electron chi connectivity index (χ1n) is 15.9. The van der Waals surface area contributed by atoms with Crippen LogP contribution in [0.2, 0.25) is 0 Å². The van der Waals surface area contributed by atoms with Crippen molar-refractivity contribution in [1.29, 1.82) is 0 Å². The second kappa shape index (κ2) is 17.3. The van der Waals surface area contributed by atoms with Crippen molar-refractivity contribution in [2.24, 2.45) is 5.92 Å². The van der Waals surface area contributed by atoms with Crippen molar-refractivity contribution < 1.29 is 48.6 Å². The summed E-state index contributed by atoms with van der Waals surface area (Å²) in [6.45, 7) is 0.630. The lowest BCUT2D eigenvalue weighted by molar-refractivity contribution is -0.765. The fourth-order valence-corrected chi connectivity index (χ4v) is 6.06. The van der Waals surface area contributed by atoms with Gasteiger partial charge in [0.1, 0.15) is 17.2 Å². The van der Waals surface area contributed by atoms with Gasteiger partial charge in [0.2, 0.25) is 6.79 Å². The summed E-state index contributed by atoms with van der Waals surface area (Å²) in [7, 11) is 1.63. The third-order valence-electron chi connectivity index (χ3n) is 8.38. The first-order chi connectivity index (χ1) is 23.9. The molecule has 3 unspecified atom stereocenters. The molecule has 5 rings (SSSR count). The van der Waals surface area contributed by atoms with E-state index in [1.54, 1.807) is 13.2 Å². The van der Waals surface area contributed by atoms with Gasteiger partial charge in [0.15, 0.2) is 0 Å². The van der Waals surface area contributed by atoms with Gasteiger partial charge in [-0.2, -0.15) is 0 Å². The fourth-order valence-electron chi connectivity index (χ4n) is 6.06. The maximum absolute atomic E-state index is 12.8. The quantitative estimate of drug-likeness (QED) is 0.0674. The molecule has 0 aromatic heterocycles. The topological polar surface area (TPSA) is 159 Å². The Labute approximate surface area is 283 Å². The number of nitrogens with zero attached hydrogens (tertiary/aromatic N) is 2. The predicted molar refractivity (Wildman–Crippen MR) is 178 cm³/mol. The van der Waals surface area contributed by atoms with E-state index < -0.39 is 30.0 Å². The van der Waals surface area contributed by atoms with Crippen LogP contribution in [0, 0.1) is 16.0 Å². The number of carbonyl (C=O) groups excluding carboxylic acids is 1. The summed E-state index contributed by atoms with van der Waals surface area (Å²) in [5.41, 5.74) is 2.58. The molecule has 0 bridgehead atoms. The lowest BCUT2D eigenvalue weighted by Gasteiger charge is -2.42. The number of aliphatic hydroxyl groups is 1. The first kappa shape index (κ1) is 35.2. The molecular formula is C36H40N2O11. The Kier molecular flexibility index (Phi) is 12.5. The van der Waals surface area contributed by atoms with Gasteiger partial charge in [0.25, 0.3) is 5.09 Å². The van der Waals surface area contributed by atoms with Crippen LogP contribution in [0.5, 0.6) is 17.2 Å². The zero-order valence-electron chi connectivity index (χ0n) is 27.1. The van der Waals surface area contributed by atoms with Crippen LogP contribution in [0.1, 0.15) is 29.0 Å². The van der Waals surface area contributed by atoms with Gasteiger partial charge in [0.05, 0.1) is 46.2 Å². The molecule has 2 N–H and O–H groups in total. The number of phenolic OH excluding ortho intramolecular Hbond substituents is 1. The van der Waals surface area contributed by atoms with Gasteiger partial charge in [-0.1, -0.05) is 54.6 Å². The van der Waals surface area contributed by atoms with Gasteiger partial charge in [-0.25, -0.2) is 4.79 Å². The number of hydrogen-bond donors (Lipinski definition) is 2. The first-order valence-corrected chi connectivity index (χ1v) is 15.9. The molecule has 0 saturated carbocycles. The van der Waals surface area contributed by atoms with Crippen LogP contribution in [-0.2, 0) is 32.3 Å². The Balaban J connectivity index is 1.23. The highest BCUT2D eigenvalue weighted by Gasteiger charge is 2.40. The standard InChI is InChI=1S/C36H40N2O11/c1-44-33-10-5-3-8-28(33)23-45-15-6-16-46-30-13-11-26(12-14-30)35-29(21-39)19-37(36(41)48-24-49-38(42)43)20-34(35)47-22-25-17-27-7-2-4-9-31(27)32(40)18-25/h2-5,7-14,17-18,29,34-35,39-40H,6,15-16,19-24H2,1H3. The minimum absolute atomic E-state index is 0.0884. The number of methoxy groups -OCH3 is 1. The number of ether oxygens (including phenoxy) is 5. The summed E-state index contributed by atoms with van der Waals surface area (Å²) in [6, 6.07) is 26.3. The Morgan fingerprint density at radius 2 is 1.76 bits per heavy atom. The number of likely N-dealkylation sites (tertiary alicyclic amines) is 1. The van der Waals surface area contributed by atoms with Crippen LogP contribution >= 0.6 is 0 Å². The Bertz CT molecular complexity index is 1680. The summed E-state index contributed by atoms with van der Waals surface area (Å²) in [4.78, 5) is 28.8. The average molecular weight is 677 g/mol. The number of benzene rings is 4. The molecule has 1 aliphatic rings. The van der Waals surface area contributed by atoms with Crippen molar-refractivity contribution in [2.75, 3.05) is 46.8 Å². The van der Waals surface area contributed by atoms with Crippen LogP contribution in [0.3, 0.4) is 0 Å². The maximum Gasteiger partial charge on any atom is 0.411 e. The number of amides is 1. The third-order valence-corrected chi connectivity index (χ3v) is 8.38. The number of phenols is 1. The monoisotopic (exact) mass is 676 g/mol. The lowest BCUT2D eigenvalue weighted by Crippen LogP contribution is -2.52. The number of rotatable bonds is 16. The molecule has 1 amide bonds. The molecule has 13 heteroatoms. The van der Waals surface area contributed by atoms with E-state index in [4.69, 9.17) is 23.7 Å². The molecule has 260 valence electrons. The minimum atomic E-state index is -1.05. The van der Waals surface area contributed by atoms with Crippen LogP contribution in [0.25, 0.3) is 10.8 Å². The summed E-state index contributed by atoms with van der Waals surface area (Å²) in [5.74, 6) is 0.816. The Morgan fingerprint density at radius 3 is 2.53 bits per heavy atom. The molecule has 1 heterocycles. The highest BCUT2D eigenvalue weighted by molar-refractivity contribution is 5.88. The number of aromatic hydroxyl groups is 1. The summed E-state index contributed by atoms with van der Waals surface area (Å²) in [5, 5.41) is 32.1. The van der Waals surface area contributed by atoms with Crippen LogP contribution in [0.4, 0.5) is 4.79 Å².